The molecule has 166 valence electrons. The molecule has 6 rings (SSSR count). The third kappa shape index (κ3) is 3.51. The van der Waals surface area contributed by atoms with Crippen LogP contribution < -0.4 is 16.4 Å². The molecule has 0 unspecified atom stereocenters. The number of nitrogens with two attached hydrogens (primary N) is 1. The maximum Gasteiger partial charge on any atom is 0.256 e. The number of nitrogens with zero attached hydrogens (tertiary/aromatic N) is 4. The number of imidazole rings is 1. The van der Waals surface area contributed by atoms with E-state index in [2.05, 4.69) is 20.6 Å². The summed E-state index contributed by atoms with van der Waals surface area (Å²) in [4.78, 5) is 26.3. The van der Waals surface area contributed by atoms with Crippen LogP contribution in [0.3, 0.4) is 0 Å². The maximum atomic E-state index is 12.8. The molecule has 0 bridgehead atoms. The minimum Gasteiger partial charge on any atom is -0.382 e. The standard InChI is InChI=1S/C24H23N7O2/c25-22-21-20(14-4-3-5-15(10-14)24(32)29-19-6-1-2-7-26-19)30-23(31(21)9-8-27-22)17-11-16-12-33-13-18(16)28-17/h1-10,16-18,28H,11-13H2,(H2,25,27)(H,26,29,32)/t16-,17-,18+/m0/s1. The van der Waals surface area contributed by atoms with Gasteiger partial charge in [-0.25, -0.2) is 15.0 Å². The smallest absolute Gasteiger partial charge is 0.256 e. The summed E-state index contributed by atoms with van der Waals surface area (Å²) in [6.45, 7) is 1.51. The van der Waals surface area contributed by atoms with Crippen molar-refractivity contribution >= 4 is 23.1 Å². The zero-order chi connectivity index (χ0) is 22.4. The number of rotatable bonds is 4. The highest BCUT2D eigenvalue weighted by atomic mass is 16.5. The molecule has 0 aliphatic carbocycles. The van der Waals surface area contributed by atoms with Crippen molar-refractivity contribution in [3.05, 3.63) is 72.4 Å². The summed E-state index contributed by atoms with van der Waals surface area (Å²) < 4.78 is 7.60. The fourth-order valence-corrected chi connectivity index (χ4v) is 4.79. The molecule has 5 heterocycles. The van der Waals surface area contributed by atoms with Gasteiger partial charge in [0.25, 0.3) is 5.91 Å². The highest BCUT2D eigenvalue weighted by molar-refractivity contribution is 6.04. The Morgan fingerprint density at radius 3 is 2.94 bits per heavy atom. The number of ether oxygens (including phenoxy) is 1. The first-order valence-electron chi connectivity index (χ1n) is 11.0. The molecule has 9 heteroatoms. The molecule has 4 aromatic rings. The number of nitrogen functional groups attached to an aromatic ring is 1. The molecule has 2 fully saturated rings. The summed E-state index contributed by atoms with van der Waals surface area (Å²) in [6, 6.07) is 13.2. The summed E-state index contributed by atoms with van der Waals surface area (Å²) in [5.41, 5.74) is 9.05. The van der Waals surface area contributed by atoms with E-state index in [0.29, 0.717) is 34.9 Å². The lowest BCUT2D eigenvalue weighted by Gasteiger charge is -2.12. The second-order valence-electron chi connectivity index (χ2n) is 8.46. The fraction of sp³-hybridized carbons (Fsp3) is 0.250. The molecule has 2 aliphatic heterocycles. The second-order valence-corrected chi connectivity index (χ2v) is 8.46. The molecule has 3 atom stereocenters. The Kier molecular flexibility index (Phi) is 4.78. The summed E-state index contributed by atoms with van der Waals surface area (Å²) >= 11 is 0. The monoisotopic (exact) mass is 441 g/mol. The molecule has 4 N–H and O–H groups in total. The van der Waals surface area contributed by atoms with Gasteiger partial charge in [0.05, 0.1) is 19.3 Å². The van der Waals surface area contributed by atoms with Crippen LogP contribution in [-0.4, -0.2) is 44.5 Å². The maximum absolute atomic E-state index is 12.8. The third-order valence-electron chi connectivity index (χ3n) is 6.38. The molecule has 3 aromatic heterocycles. The molecular formula is C24H23N7O2. The highest BCUT2D eigenvalue weighted by Crippen LogP contribution is 2.37. The van der Waals surface area contributed by atoms with Gasteiger partial charge in [-0.3, -0.25) is 9.20 Å². The molecule has 0 spiro atoms. The van der Waals surface area contributed by atoms with E-state index in [1.54, 1.807) is 30.6 Å². The Morgan fingerprint density at radius 2 is 2.09 bits per heavy atom. The van der Waals surface area contributed by atoms with Crippen LogP contribution in [0.1, 0.15) is 28.6 Å². The van der Waals surface area contributed by atoms with Gasteiger partial charge >= 0.3 is 0 Å². The van der Waals surface area contributed by atoms with Gasteiger partial charge in [-0.2, -0.15) is 0 Å². The zero-order valence-corrected chi connectivity index (χ0v) is 17.8. The number of hydrogen-bond donors (Lipinski definition) is 3. The van der Waals surface area contributed by atoms with Gasteiger partial charge in [0.2, 0.25) is 0 Å². The van der Waals surface area contributed by atoms with Crippen molar-refractivity contribution in [2.45, 2.75) is 18.5 Å². The number of fused-ring (bicyclic) bond motifs is 2. The van der Waals surface area contributed by atoms with Crippen molar-refractivity contribution in [2.24, 2.45) is 5.92 Å². The molecule has 0 saturated carbocycles. The van der Waals surface area contributed by atoms with Gasteiger partial charge in [0.15, 0.2) is 0 Å². The number of carbonyl (C=O) groups excluding carboxylic acids is 1. The van der Waals surface area contributed by atoms with Crippen LogP contribution in [0.15, 0.2) is 61.1 Å². The normalized spacial score (nSPS) is 21.9. The van der Waals surface area contributed by atoms with E-state index < -0.39 is 0 Å². The quantitative estimate of drug-likeness (QED) is 0.445. The van der Waals surface area contributed by atoms with E-state index in [1.165, 1.54) is 0 Å². The predicted molar refractivity (Wildman–Crippen MR) is 124 cm³/mol. The van der Waals surface area contributed by atoms with Gasteiger partial charge in [-0.15, -0.1) is 0 Å². The van der Waals surface area contributed by atoms with E-state index in [9.17, 15) is 4.79 Å². The summed E-state index contributed by atoms with van der Waals surface area (Å²) in [6.07, 6.45) is 6.17. The molecule has 0 radical (unpaired) electrons. The minimum atomic E-state index is -0.240. The molecular weight excluding hydrogens is 418 g/mol. The third-order valence-corrected chi connectivity index (χ3v) is 6.38. The molecule has 2 saturated heterocycles. The molecule has 33 heavy (non-hydrogen) atoms. The van der Waals surface area contributed by atoms with Crippen LogP contribution in [0.2, 0.25) is 0 Å². The number of carbonyl (C=O) groups is 1. The number of pyridine rings is 1. The Balaban J connectivity index is 1.38. The van der Waals surface area contributed by atoms with Crippen LogP contribution in [0.5, 0.6) is 0 Å². The molecule has 1 amide bonds. The minimum absolute atomic E-state index is 0.0996. The SMILES string of the molecule is Nc1nccn2c([C@@H]3C[C@H]4COC[C@H]4N3)nc(-c3cccc(C(=O)Nc4ccccn4)c3)c12. The van der Waals surface area contributed by atoms with Crippen LogP contribution in [0, 0.1) is 5.92 Å². The zero-order valence-electron chi connectivity index (χ0n) is 17.8. The summed E-state index contributed by atoms with van der Waals surface area (Å²) in [5, 5.41) is 6.49. The van der Waals surface area contributed by atoms with Gasteiger partial charge in [0.1, 0.15) is 28.7 Å². The first-order valence-corrected chi connectivity index (χ1v) is 11.0. The van der Waals surface area contributed by atoms with E-state index in [0.717, 1.165) is 36.5 Å². The summed E-state index contributed by atoms with van der Waals surface area (Å²) in [5.74, 6) is 2.04. The number of nitrogens with one attached hydrogen (secondary N) is 2. The number of hydrogen-bond acceptors (Lipinski definition) is 7. The fourth-order valence-electron chi connectivity index (χ4n) is 4.79. The first kappa shape index (κ1) is 19.8. The van der Waals surface area contributed by atoms with Crippen LogP contribution >= 0.6 is 0 Å². The van der Waals surface area contributed by atoms with Gasteiger partial charge in [-0.05, 0) is 30.7 Å². The van der Waals surface area contributed by atoms with E-state index >= 15 is 0 Å². The number of anilines is 2. The van der Waals surface area contributed by atoms with Gasteiger partial charge in [-0.1, -0.05) is 18.2 Å². The van der Waals surface area contributed by atoms with Crippen molar-refractivity contribution in [1.82, 2.24) is 24.7 Å². The average molecular weight is 441 g/mol. The van der Waals surface area contributed by atoms with Crippen molar-refractivity contribution in [2.75, 3.05) is 24.3 Å². The second kappa shape index (κ2) is 7.95. The lowest BCUT2D eigenvalue weighted by molar-refractivity contribution is 0.102. The van der Waals surface area contributed by atoms with Crippen molar-refractivity contribution < 1.29 is 9.53 Å². The average Bonchev–Trinajstić information content (AvgIpc) is 3.53. The first-order chi connectivity index (χ1) is 16.2. The van der Waals surface area contributed by atoms with Gasteiger partial charge in [0, 0.05) is 41.7 Å². The Hall–Kier alpha value is -3.82. The Morgan fingerprint density at radius 1 is 1.15 bits per heavy atom. The molecule has 2 aliphatic rings. The predicted octanol–water partition coefficient (Wildman–Crippen LogP) is 2.68. The van der Waals surface area contributed by atoms with Crippen LogP contribution in [-0.2, 0) is 4.74 Å². The lowest BCUT2D eigenvalue weighted by atomic mass is 10.0. The number of benzene rings is 1. The van der Waals surface area contributed by atoms with E-state index in [1.807, 2.05) is 34.9 Å². The van der Waals surface area contributed by atoms with Gasteiger partial charge < -0.3 is 21.1 Å². The van der Waals surface area contributed by atoms with Crippen LogP contribution in [0.25, 0.3) is 16.8 Å². The molecule has 9 nitrogen and oxygen atoms in total. The lowest BCUT2D eigenvalue weighted by Crippen LogP contribution is -2.28. The number of aromatic nitrogens is 4. The van der Waals surface area contributed by atoms with Crippen molar-refractivity contribution in [3.63, 3.8) is 0 Å². The topological polar surface area (TPSA) is 119 Å². The largest absolute Gasteiger partial charge is 0.382 e. The van der Waals surface area contributed by atoms with Crippen molar-refractivity contribution in [1.29, 1.82) is 0 Å². The Labute approximate surface area is 190 Å². The van der Waals surface area contributed by atoms with Crippen LogP contribution in [0.4, 0.5) is 11.6 Å². The van der Waals surface area contributed by atoms with E-state index in [-0.39, 0.29) is 11.9 Å². The Bertz CT molecular complexity index is 1330. The van der Waals surface area contributed by atoms with E-state index in [4.69, 9.17) is 15.5 Å². The molecule has 1 aromatic carbocycles. The summed E-state index contributed by atoms with van der Waals surface area (Å²) in [7, 11) is 0. The number of amides is 1. The van der Waals surface area contributed by atoms with Crippen molar-refractivity contribution in [3.8, 4) is 11.3 Å². The highest BCUT2D eigenvalue weighted by Gasteiger charge is 2.40.